The lowest BCUT2D eigenvalue weighted by atomic mass is 10.0. The Kier molecular flexibility index (Phi) is 10.8. The fourth-order valence-corrected chi connectivity index (χ4v) is 5.72. The van der Waals surface area contributed by atoms with Gasteiger partial charge < -0.3 is 19.8 Å². The van der Waals surface area contributed by atoms with Gasteiger partial charge in [-0.1, -0.05) is 25.5 Å². The molecule has 2 unspecified atom stereocenters. The molecule has 3 rings (SSSR count). The minimum Gasteiger partial charge on any atom is -0.497 e. The Balaban J connectivity index is 0.00000199. The molecule has 1 heterocycles. The molecule has 1 aliphatic rings. The lowest BCUT2D eigenvalue weighted by molar-refractivity contribution is -0.144. The van der Waals surface area contributed by atoms with E-state index in [4.69, 9.17) is 14.7 Å². The van der Waals surface area contributed by atoms with Gasteiger partial charge >= 0.3 is 5.97 Å². The van der Waals surface area contributed by atoms with Crippen molar-refractivity contribution in [3.63, 3.8) is 0 Å². The highest BCUT2D eigenvalue weighted by molar-refractivity contribution is 7.92. The number of nitrogens with two attached hydrogens (primary N) is 1. The quantitative estimate of drug-likeness (QED) is 0.336. The van der Waals surface area contributed by atoms with E-state index in [0.29, 0.717) is 37.6 Å². The molecule has 0 bridgehead atoms. The molecule has 1 aliphatic heterocycles. The van der Waals surface area contributed by atoms with Crippen LogP contribution in [0.1, 0.15) is 38.2 Å². The number of carbonyl (C=O) groups is 1. The molecule has 0 aromatic heterocycles. The topological polar surface area (TPSA) is 139 Å². The average molecular weight is 495 g/mol. The summed E-state index contributed by atoms with van der Waals surface area (Å²) < 4.78 is 37.3. The maximum absolute atomic E-state index is 13.2. The van der Waals surface area contributed by atoms with Crippen molar-refractivity contribution in [3.05, 3.63) is 54.1 Å². The van der Waals surface area contributed by atoms with E-state index >= 15 is 0 Å². The van der Waals surface area contributed by atoms with Crippen LogP contribution in [-0.4, -0.2) is 61.2 Å². The van der Waals surface area contributed by atoms with Gasteiger partial charge in [0.15, 0.2) is 9.84 Å². The number of hydrogen-bond donors (Lipinski definition) is 3. The molecule has 0 spiro atoms. The third-order valence-corrected chi connectivity index (χ3v) is 8.06. The lowest BCUT2D eigenvalue weighted by Gasteiger charge is -2.37. The Bertz CT molecular complexity index is 1010. The van der Waals surface area contributed by atoms with Gasteiger partial charge in [0.05, 0.1) is 23.9 Å². The van der Waals surface area contributed by atoms with Crippen LogP contribution in [0.4, 0.5) is 0 Å². The van der Waals surface area contributed by atoms with Crippen LogP contribution in [0.3, 0.4) is 0 Å². The predicted octanol–water partition coefficient (Wildman–Crippen LogP) is 3.10. The van der Waals surface area contributed by atoms with Gasteiger partial charge in [0.25, 0.3) is 0 Å². The highest BCUT2D eigenvalue weighted by Gasteiger charge is 2.39. The first-order valence-corrected chi connectivity index (χ1v) is 12.7. The van der Waals surface area contributed by atoms with Gasteiger partial charge in [0.1, 0.15) is 17.5 Å². The van der Waals surface area contributed by atoms with Crippen LogP contribution < -0.4 is 15.4 Å². The standard InChI is InChI=1S/C24H31NO6S.H3NO/c1-3-4-14-31-19-8-10-21(11-9-19)32(28,29)22-12-13-25(23(16-22)24(26)27)17-18-6-5-7-20(15-18)30-2;1-2/h5-11,15,22-23H,3-4,12-14,16-17H2,1-2H3,(H,26,27);2H,1H2. The smallest absolute Gasteiger partial charge is 0.320 e. The number of ether oxygens (including phenoxy) is 2. The van der Waals surface area contributed by atoms with E-state index in [2.05, 4.69) is 12.8 Å². The number of nitrogens with zero attached hydrogens (tertiary/aromatic N) is 1. The molecule has 2 aromatic carbocycles. The minimum atomic E-state index is -3.64. The predicted molar refractivity (Wildman–Crippen MR) is 128 cm³/mol. The fourth-order valence-electron chi connectivity index (χ4n) is 3.97. The summed E-state index contributed by atoms with van der Waals surface area (Å²) in [4.78, 5) is 14.0. The number of methoxy groups -OCH3 is 1. The Labute approximate surface area is 201 Å². The molecule has 2 aromatic rings. The molecule has 2 atom stereocenters. The monoisotopic (exact) mass is 494 g/mol. The first kappa shape index (κ1) is 27.6. The summed E-state index contributed by atoms with van der Waals surface area (Å²) in [6.45, 7) is 3.47. The number of rotatable bonds is 10. The van der Waals surface area contributed by atoms with Crippen LogP contribution in [0.2, 0.25) is 0 Å². The number of carboxylic acids is 1. The van der Waals surface area contributed by atoms with Gasteiger partial charge in [-0.25, -0.2) is 14.3 Å². The van der Waals surface area contributed by atoms with Crippen LogP contribution in [0.15, 0.2) is 53.4 Å². The Morgan fingerprint density at radius 3 is 2.47 bits per heavy atom. The van der Waals surface area contributed by atoms with E-state index in [1.807, 2.05) is 29.2 Å². The number of likely N-dealkylation sites (tertiary alicyclic amines) is 1. The Morgan fingerprint density at radius 2 is 1.85 bits per heavy atom. The minimum absolute atomic E-state index is 0.0520. The van der Waals surface area contributed by atoms with Gasteiger partial charge in [-0.3, -0.25) is 9.69 Å². The van der Waals surface area contributed by atoms with Gasteiger partial charge in [0.2, 0.25) is 0 Å². The summed E-state index contributed by atoms with van der Waals surface area (Å²) in [5, 5.41) is 15.6. The van der Waals surface area contributed by atoms with Crippen LogP contribution in [0.5, 0.6) is 11.5 Å². The first-order valence-electron chi connectivity index (χ1n) is 11.2. The highest BCUT2D eigenvalue weighted by Crippen LogP contribution is 2.30. The average Bonchev–Trinajstić information content (AvgIpc) is 2.86. The molecule has 0 amide bonds. The number of aliphatic carboxylic acids is 1. The second kappa shape index (κ2) is 13.3. The summed E-state index contributed by atoms with van der Waals surface area (Å²) in [5.74, 6) is 3.83. The Hall–Kier alpha value is -2.66. The van der Waals surface area contributed by atoms with E-state index in [1.54, 1.807) is 31.4 Å². The molecule has 0 radical (unpaired) electrons. The zero-order chi connectivity index (χ0) is 25.1. The number of hydrogen-bond acceptors (Lipinski definition) is 8. The normalized spacial score (nSPS) is 18.5. The highest BCUT2D eigenvalue weighted by atomic mass is 32.2. The van der Waals surface area contributed by atoms with Gasteiger partial charge in [-0.15, -0.1) is 0 Å². The van der Waals surface area contributed by atoms with Crippen molar-refractivity contribution < 1.29 is 33.0 Å². The van der Waals surface area contributed by atoms with E-state index in [-0.39, 0.29) is 11.3 Å². The second-order valence-corrected chi connectivity index (χ2v) is 10.3. The van der Waals surface area contributed by atoms with Crippen LogP contribution in [0.25, 0.3) is 0 Å². The molecule has 0 aliphatic carbocycles. The lowest BCUT2D eigenvalue weighted by Crippen LogP contribution is -2.49. The van der Waals surface area contributed by atoms with E-state index in [1.165, 1.54) is 0 Å². The van der Waals surface area contributed by atoms with Crippen molar-refractivity contribution in [2.75, 3.05) is 20.3 Å². The van der Waals surface area contributed by atoms with E-state index < -0.39 is 27.1 Å². The maximum atomic E-state index is 13.2. The van der Waals surface area contributed by atoms with Crippen molar-refractivity contribution in [1.82, 2.24) is 4.90 Å². The zero-order valence-electron chi connectivity index (χ0n) is 19.6. The molecule has 188 valence electrons. The molecular weight excluding hydrogens is 460 g/mol. The third-order valence-electron chi connectivity index (χ3n) is 5.83. The van der Waals surface area contributed by atoms with Crippen molar-refractivity contribution in [2.24, 2.45) is 5.90 Å². The van der Waals surface area contributed by atoms with Crippen molar-refractivity contribution in [1.29, 1.82) is 0 Å². The van der Waals surface area contributed by atoms with E-state index in [0.717, 1.165) is 18.4 Å². The summed E-state index contributed by atoms with van der Waals surface area (Å²) >= 11 is 0. The number of benzene rings is 2. The Morgan fingerprint density at radius 1 is 1.15 bits per heavy atom. The van der Waals surface area contributed by atoms with Gasteiger partial charge in [0, 0.05) is 13.1 Å². The summed E-state index contributed by atoms with van der Waals surface area (Å²) in [6.07, 6.45) is 2.39. The second-order valence-electron chi connectivity index (χ2n) is 8.04. The summed E-state index contributed by atoms with van der Waals surface area (Å²) in [7, 11) is -2.06. The summed E-state index contributed by atoms with van der Waals surface area (Å²) in [6, 6.07) is 13.0. The molecular formula is C24H34N2O7S. The van der Waals surface area contributed by atoms with Crippen LogP contribution >= 0.6 is 0 Å². The van der Waals surface area contributed by atoms with Gasteiger partial charge in [-0.05, 0) is 61.2 Å². The maximum Gasteiger partial charge on any atom is 0.320 e. The van der Waals surface area contributed by atoms with Crippen LogP contribution in [0, 0.1) is 0 Å². The number of sulfone groups is 1. The summed E-state index contributed by atoms with van der Waals surface area (Å²) in [5.41, 5.74) is 0.926. The molecule has 1 saturated heterocycles. The largest absolute Gasteiger partial charge is 0.497 e. The molecule has 10 heteroatoms. The zero-order valence-corrected chi connectivity index (χ0v) is 20.4. The van der Waals surface area contributed by atoms with Crippen molar-refractivity contribution in [2.45, 2.75) is 55.3 Å². The van der Waals surface area contributed by atoms with E-state index in [9.17, 15) is 18.3 Å². The van der Waals surface area contributed by atoms with Crippen molar-refractivity contribution >= 4 is 15.8 Å². The molecule has 1 fully saturated rings. The number of carboxylic acid groups (broad SMARTS) is 1. The first-order chi connectivity index (χ1) is 16.3. The number of unbranched alkanes of at least 4 members (excludes halogenated alkanes) is 1. The molecule has 9 nitrogen and oxygen atoms in total. The fraction of sp³-hybridized carbons (Fsp3) is 0.458. The molecule has 34 heavy (non-hydrogen) atoms. The molecule has 0 saturated carbocycles. The number of piperidine rings is 1. The molecule has 4 N–H and O–H groups in total. The SMILES string of the molecule is CCCCOc1ccc(S(=O)(=O)C2CCN(Cc3cccc(OC)c3)C(C(=O)O)C2)cc1.NO. The van der Waals surface area contributed by atoms with Gasteiger partial charge in [-0.2, -0.15) is 0 Å². The van der Waals surface area contributed by atoms with Crippen molar-refractivity contribution in [3.8, 4) is 11.5 Å². The van der Waals surface area contributed by atoms with Crippen LogP contribution in [-0.2, 0) is 21.2 Å². The third kappa shape index (κ3) is 7.17.